The zero-order valence-corrected chi connectivity index (χ0v) is 13.8. The van der Waals surface area contributed by atoms with Crippen LogP contribution >= 0.6 is 0 Å². The highest BCUT2D eigenvalue weighted by Crippen LogP contribution is 2.15. The van der Waals surface area contributed by atoms with Crippen molar-refractivity contribution in [1.29, 1.82) is 0 Å². The second-order valence-electron chi connectivity index (χ2n) is 5.63. The van der Waals surface area contributed by atoms with Gasteiger partial charge in [0, 0.05) is 24.3 Å². The maximum Gasteiger partial charge on any atom is 0.316 e. The molecule has 0 saturated carbocycles. The molecule has 3 rings (SSSR count). The second-order valence-corrected chi connectivity index (χ2v) is 5.63. The van der Waals surface area contributed by atoms with Gasteiger partial charge in [0.05, 0.1) is 17.2 Å². The van der Waals surface area contributed by atoms with Gasteiger partial charge < -0.3 is 16.4 Å². The van der Waals surface area contributed by atoms with Gasteiger partial charge in [-0.3, -0.25) is 14.2 Å². The number of hydrogen-bond donors (Lipinski definition) is 3. The Labute approximate surface area is 148 Å². The molecule has 132 valence electrons. The molecule has 3 aromatic rings. The lowest BCUT2D eigenvalue weighted by Gasteiger charge is -2.09. The van der Waals surface area contributed by atoms with Gasteiger partial charge in [0.1, 0.15) is 0 Å². The third-order valence-corrected chi connectivity index (χ3v) is 3.73. The van der Waals surface area contributed by atoms with E-state index in [2.05, 4.69) is 15.6 Å². The lowest BCUT2D eigenvalue weighted by Crippen LogP contribution is -2.23. The fourth-order valence-corrected chi connectivity index (χ4v) is 2.53. The Hall–Kier alpha value is -3.68. The number of carbonyl (C=O) groups is 2. The van der Waals surface area contributed by atoms with Crippen molar-refractivity contribution in [2.45, 2.75) is 13.0 Å². The number of aromatic nitrogens is 2. The number of primary amides is 1. The van der Waals surface area contributed by atoms with E-state index in [1.165, 1.54) is 10.9 Å². The van der Waals surface area contributed by atoms with Gasteiger partial charge in [-0.05, 0) is 30.3 Å². The van der Waals surface area contributed by atoms with Crippen molar-refractivity contribution in [2.75, 3.05) is 10.6 Å². The van der Waals surface area contributed by atoms with Gasteiger partial charge in [0.15, 0.2) is 0 Å². The molecule has 0 unspecified atom stereocenters. The lowest BCUT2D eigenvalue weighted by atomic mass is 10.2. The van der Waals surface area contributed by atoms with Crippen LogP contribution in [0.15, 0.2) is 59.7 Å². The topological polar surface area (TPSA) is 119 Å². The van der Waals surface area contributed by atoms with E-state index in [0.717, 1.165) is 0 Å². The summed E-state index contributed by atoms with van der Waals surface area (Å²) < 4.78 is 1.41. The number of fused-ring (bicyclic) bond motifs is 1. The van der Waals surface area contributed by atoms with Crippen LogP contribution in [0.2, 0.25) is 0 Å². The molecule has 1 aromatic heterocycles. The van der Waals surface area contributed by atoms with Crippen LogP contribution in [-0.4, -0.2) is 21.5 Å². The Kier molecular flexibility index (Phi) is 4.93. The highest BCUT2D eigenvalue weighted by atomic mass is 16.2. The number of carbonyl (C=O) groups excluding carboxylic acids is 2. The van der Waals surface area contributed by atoms with Crippen LogP contribution in [0.1, 0.15) is 6.42 Å². The molecule has 0 fully saturated rings. The van der Waals surface area contributed by atoms with E-state index in [1.807, 2.05) is 6.07 Å². The summed E-state index contributed by atoms with van der Waals surface area (Å²) >= 11 is 0. The van der Waals surface area contributed by atoms with Crippen LogP contribution in [0.5, 0.6) is 0 Å². The van der Waals surface area contributed by atoms with E-state index in [-0.39, 0.29) is 24.4 Å². The number of anilines is 2. The fraction of sp³-hybridized carbons (Fsp3) is 0.111. The van der Waals surface area contributed by atoms with Crippen molar-refractivity contribution < 1.29 is 9.59 Å². The Balaban J connectivity index is 1.65. The maximum absolute atomic E-state index is 12.4. The molecule has 0 saturated heterocycles. The molecule has 26 heavy (non-hydrogen) atoms. The average molecular weight is 351 g/mol. The minimum absolute atomic E-state index is 0.105. The van der Waals surface area contributed by atoms with Gasteiger partial charge in [0.2, 0.25) is 5.91 Å². The van der Waals surface area contributed by atoms with Crippen molar-refractivity contribution in [3.05, 3.63) is 65.2 Å². The Morgan fingerprint density at radius 1 is 1.04 bits per heavy atom. The number of rotatable bonds is 5. The Morgan fingerprint density at radius 2 is 1.77 bits per heavy atom. The second kappa shape index (κ2) is 7.47. The first-order valence-electron chi connectivity index (χ1n) is 7.93. The molecule has 8 nitrogen and oxygen atoms in total. The molecule has 3 amide bonds. The van der Waals surface area contributed by atoms with E-state index in [1.54, 1.807) is 42.5 Å². The van der Waals surface area contributed by atoms with Crippen LogP contribution in [0, 0.1) is 0 Å². The van der Waals surface area contributed by atoms with E-state index >= 15 is 0 Å². The minimum atomic E-state index is -0.684. The van der Waals surface area contributed by atoms with Crippen molar-refractivity contribution in [3.8, 4) is 0 Å². The maximum atomic E-state index is 12.4. The summed E-state index contributed by atoms with van der Waals surface area (Å²) in [5.41, 5.74) is 6.50. The summed E-state index contributed by atoms with van der Waals surface area (Å²) in [6.45, 7) is 0.210. The monoisotopic (exact) mass is 351 g/mol. The lowest BCUT2D eigenvalue weighted by molar-refractivity contribution is -0.116. The molecule has 0 aliphatic rings. The van der Waals surface area contributed by atoms with Crippen molar-refractivity contribution in [3.63, 3.8) is 0 Å². The van der Waals surface area contributed by atoms with Gasteiger partial charge in [-0.1, -0.05) is 18.2 Å². The molecule has 1 heterocycles. The number of nitrogens with one attached hydrogen (secondary N) is 2. The number of urea groups is 1. The van der Waals surface area contributed by atoms with Gasteiger partial charge in [-0.25, -0.2) is 9.78 Å². The Morgan fingerprint density at radius 3 is 2.54 bits per heavy atom. The van der Waals surface area contributed by atoms with Crippen molar-refractivity contribution in [2.24, 2.45) is 5.73 Å². The highest BCUT2D eigenvalue weighted by molar-refractivity contribution is 5.93. The van der Waals surface area contributed by atoms with Crippen LogP contribution in [-0.2, 0) is 11.3 Å². The SMILES string of the molecule is NC(=O)Nc1cccc(NC(=O)CCn2cnc3ccccc3c2=O)c1. The molecule has 0 aliphatic heterocycles. The smallest absolute Gasteiger partial charge is 0.316 e. The van der Waals surface area contributed by atoms with Crippen LogP contribution in [0.4, 0.5) is 16.2 Å². The Bertz CT molecular complexity index is 1030. The number of hydrogen-bond acceptors (Lipinski definition) is 4. The van der Waals surface area contributed by atoms with E-state index < -0.39 is 6.03 Å². The first kappa shape index (κ1) is 17.2. The van der Waals surface area contributed by atoms with Crippen molar-refractivity contribution >= 4 is 34.2 Å². The first-order chi connectivity index (χ1) is 12.5. The van der Waals surface area contributed by atoms with Gasteiger partial charge in [0.25, 0.3) is 5.56 Å². The molecular formula is C18H17N5O3. The summed E-state index contributed by atoms with van der Waals surface area (Å²) in [6, 6.07) is 13.0. The number of nitrogens with zero attached hydrogens (tertiary/aromatic N) is 2. The molecule has 0 aliphatic carbocycles. The largest absolute Gasteiger partial charge is 0.351 e. The summed E-state index contributed by atoms with van der Waals surface area (Å²) in [4.78, 5) is 39.6. The van der Waals surface area contributed by atoms with E-state index in [9.17, 15) is 14.4 Å². The fourth-order valence-electron chi connectivity index (χ4n) is 2.53. The predicted octanol–water partition coefficient (Wildman–Crippen LogP) is 1.92. The molecular weight excluding hydrogens is 334 g/mol. The number of benzene rings is 2. The van der Waals surface area contributed by atoms with Crippen LogP contribution in [0.25, 0.3) is 10.9 Å². The minimum Gasteiger partial charge on any atom is -0.351 e. The van der Waals surface area contributed by atoms with Gasteiger partial charge in [-0.2, -0.15) is 0 Å². The normalized spacial score (nSPS) is 10.5. The molecule has 0 spiro atoms. The van der Waals surface area contributed by atoms with Crippen LogP contribution in [0.3, 0.4) is 0 Å². The quantitative estimate of drug-likeness (QED) is 0.650. The molecule has 0 radical (unpaired) electrons. The summed E-state index contributed by atoms with van der Waals surface area (Å²) in [5, 5.41) is 5.66. The molecule has 0 bridgehead atoms. The number of nitrogens with two attached hydrogens (primary N) is 1. The molecule has 4 N–H and O–H groups in total. The average Bonchev–Trinajstić information content (AvgIpc) is 2.61. The number of para-hydroxylation sites is 1. The molecule has 8 heteroatoms. The molecule has 0 atom stereocenters. The predicted molar refractivity (Wildman–Crippen MR) is 98.9 cm³/mol. The standard InChI is InChI=1S/C18H17N5O3/c19-18(26)22-13-5-3-4-12(10-13)21-16(24)8-9-23-11-20-15-7-2-1-6-14(15)17(23)25/h1-7,10-11H,8-9H2,(H,21,24)(H3,19,22,26). The third-order valence-electron chi connectivity index (χ3n) is 3.73. The first-order valence-corrected chi connectivity index (χ1v) is 7.93. The zero-order valence-electron chi connectivity index (χ0n) is 13.8. The van der Waals surface area contributed by atoms with Gasteiger partial charge in [-0.15, -0.1) is 0 Å². The summed E-state index contributed by atoms with van der Waals surface area (Å²) in [6.07, 6.45) is 1.54. The summed E-state index contributed by atoms with van der Waals surface area (Å²) in [7, 11) is 0. The third kappa shape index (κ3) is 4.04. The van der Waals surface area contributed by atoms with Gasteiger partial charge >= 0.3 is 6.03 Å². The highest BCUT2D eigenvalue weighted by Gasteiger charge is 2.07. The van der Waals surface area contributed by atoms with Crippen molar-refractivity contribution in [1.82, 2.24) is 9.55 Å². The summed E-state index contributed by atoms with van der Waals surface area (Å²) in [5.74, 6) is -0.263. The van der Waals surface area contributed by atoms with E-state index in [4.69, 9.17) is 5.73 Å². The number of aryl methyl sites for hydroxylation is 1. The number of amides is 3. The van der Waals surface area contributed by atoms with E-state index in [0.29, 0.717) is 22.3 Å². The van der Waals surface area contributed by atoms with Crippen LogP contribution < -0.4 is 21.9 Å². The molecule has 2 aromatic carbocycles. The zero-order chi connectivity index (χ0) is 18.5.